The molecular formula is C20H16F3NO4. The standard InChI is InChI=1S/C20H16F3NO4/c1-28-18(26)16-8-9-24(16)17(25)11-6-7-13-12-4-2-3-5-14(12)19(27,15(13)10-11)20(21,22)23/h2-7,10,16,27H,8-9H2,1H3. The predicted molar refractivity (Wildman–Crippen MR) is 92.4 cm³/mol. The minimum Gasteiger partial charge on any atom is -0.467 e. The van der Waals surface area contributed by atoms with Gasteiger partial charge in [0.2, 0.25) is 5.60 Å². The molecule has 2 unspecified atom stereocenters. The lowest BCUT2D eigenvalue weighted by atomic mass is 9.89. The second kappa shape index (κ2) is 6.07. The van der Waals surface area contributed by atoms with Gasteiger partial charge >= 0.3 is 12.1 Å². The quantitative estimate of drug-likeness (QED) is 0.800. The lowest BCUT2D eigenvalue weighted by Gasteiger charge is -2.39. The third kappa shape index (κ3) is 2.37. The summed E-state index contributed by atoms with van der Waals surface area (Å²) in [4.78, 5) is 25.7. The average Bonchev–Trinajstić information content (AvgIpc) is 2.90. The molecule has 1 aliphatic carbocycles. The van der Waals surface area contributed by atoms with Gasteiger partial charge in [-0.2, -0.15) is 13.2 Å². The maximum atomic E-state index is 13.9. The zero-order valence-corrected chi connectivity index (χ0v) is 14.8. The molecule has 1 N–H and O–H groups in total. The summed E-state index contributed by atoms with van der Waals surface area (Å²) in [7, 11) is 1.21. The van der Waals surface area contributed by atoms with Crippen LogP contribution in [0.4, 0.5) is 13.2 Å². The fourth-order valence-electron chi connectivity index (χ4n) is 3.87. The van der Waals surface area contributed by atoms with Gasteiger partial charge in [-0.25, -0.2) is 4.79 Å². The molecule has 1 saturated heterocycles. The number of carbonyl (C=O) groups excluding carboxylic acids is 2. The Hall–Kier alpha value is -2.87. The topological polar surface area (TPSA) is 66.8 Å². The van der Waals surface area contributed by atoms with Gasteiger partial charge in [0, 0.05) is 23.2 Å². The first-order valence-corrected chi connectivity index (χ1v) is 8.62. The highest BCUT2D eigenvalue weighted by atomic mass is 19.4. The van der Waals surface area contributed by atoms with Gasteiger partial charge in [0.05, 0.1) is 7.11 Å². The van der Waals surface area contributed by atoms with Crippen LogP contribution in [0.1, 0.15) is 27.9 Å². The van der Waals surface area contributed by atoms with Crippen LogP contribution < -0.4 is 0 Å². The van der Waals surface area contributed by atoms with Crippen molar-refractivity contribution in [3.05, 3.63) is 59.2 Å². The number of nitrogens with zero attached hydrogens (tertiary/aromatic N) is 1. The molecule has 0 bridgehead atoms. The van der Waals surface area contributed by atoms with Gasteiger partial charge < -0.3 is 14.7 Å². The molecule has 2 aliphatic rings. The molecule has 0 saturated carbocycles. The van der Waals surface area contributed by atoms with Crippen molar-refractivity contribution in [1.29, 1.82) is 0 Å². The highest BCUT2D eigenvalue weighted by Gasteiger charge is 2.60. The number of methoxy groups -OCH3 is 1. The van der Waals surface area contributed by atoms with Crippen molar-refractivity contribution in [3.8, 4) is 11.1 Å². The molecule has 4 rings (SSSR count). The van der Waals surface area contributed by atoms with Crippen LogP contribution in [0.5, 0.6) is 0 Å². The number of esters is 1. The highest BCUT2D eigenvalue weighted by Crippen LogP contribution is 2.55. The highest BCUT2D eigenvalue weighted by molar-refractivity contribution is 5.99. The molecule has 1 fully saturated rings. The second-order valence-corrected chi connectivity index (χ2v) is 6.84. The number of ether oxygens (including phenoxy) is 1. The summed E-state index contributed by atoms with van der Waals surface area (Å²) in [6.45, 7) is 0.305. The molecule has 5 nitrogen and oxygen atoms in total. The molecule has 28 heavy (non-hydrogen) atoms. The monoisotopic (exact) mass is 391 g/mol. The number of likely N-dealkylation sites (tertiary alicyclic amines) is 1. The fraction of sp³-hybridized carbons (Fsp3) is 0.300. The van der Waals surface area contributed by atoms with E-state index in [2.05, 4.69) is 4.74 Å². The molecule has 2 aromatic carbocycles. The van der Waals surface area contributed by atoms with Crippen molar-refractivity contribution in [2.45, 2.75) is 24.2 Å². The van der Waals surface area contributed by atoms with E-state index in [-0.39, 0.29) is 27.8 Å². The number of fused-ring (bicyclic) bond motifs is 3. The minimum atomic E-state index is -4.97. The van der Waals surface area contributed by atoms with E-state index in [1.54, 1.807) is 6.07 Å². The summed E-state index contributed by atoms with van der Waals surface area (Å²) in [6, 6.07) is 8.88. The Bertz CT molecular complexity index is 988. The van der Waals surface area contributed by atoms with Gasteiger partial charge in [0.1, 0.15) is 6.04 Å². The molecular weight excluding hydrogens is 375 g/mol. The molecule has 2 atom stereocenters. The van der Waals surface area contributed by atoms with Crippen LogP contribution in [-0.2, 0) is 15.1 Å². The zero-order valence-electron chi connectivity index (χ0n) is 14.8. The number of alkyl halides is 3. The number of carbonyl (C=O) groups is 2. The molecule has 0 spiro atoms. The van der Waals surface area contributed by atoms with Crippen molar-refractivity contribution in [2.75, 3.05) is 13.7 Å². The van der Waals surface area contributed by atoms with E-state index in [4.69, 9.17) is 0 Å². The van der Waals surface area contributed by atoms with Crippen LogP contribution in [0, 0.1) is 0 Å². The van der Waals surface area contributed by atoms with Gasteiger partial charge in [-0.3, -0.25) is 4.79 Å². The zero-order chi connectivity index (χ0) is 20.3. The van der Waals surface area contributed by atoms with Crippen LogP contribution in [0.3, 0.4) is 0 Å². The number of aliphatic hydroxyl groups is 1. The molecule has 1 amide bonds. The van der Waals surface area contributed by atoms with Crippen LogP contribution in [0.25, 0.3) is 11.1 Å². The Labute approximate surface area is 158 Å². The Morgan fingerprint density at radius 3 is 2.43 bits per heavy atom. The molecule has 8 heteroatoms. The van der Waals surface area contributed by atoms with E-state index >= 15 is 0 Å². The first kappa shape index (κ1) is 18.5. The minimum absolute atomic E-state index is 0.0252. The summed E-state index contributed by atoms with van der Waals surface area (Å²) in [6.07, 6.45) is -4.54. The average molecular weight is 391 g/mol. The molecule has 146 valence electrons. The number of benzene rings is 2. The Balaban J connectivity index is 1.79. The molecule has 1 aliphatic heterocycles. The van der Waals surface area contributed by atoms with E-state index in [1.165, 1.54) is 42.3 Å². The van der Waals surface area contributed by atoms with Crippen LogP contribution in [0.2, 0.25) is 0 Å². The van der Waals surface area contributed by atoms with Gasteiger partial charge in [-0.15, -0.1) is 0 Å². The SMILES string of the molecule is COC(=O)C1CCN1C(=O)c1ccc2c(c1)C(O)(C(F)(F)F)c1ccccc1-2. The van der Waals surface area contributed by atoms with Crippen molar-refractivity contribution in [1.82, 2.24) is 4.90 Å². The van der Waals surface area contributed by atoms with Gasteiger partial charge in [-0.1, -0.05) is 30.3 Å². The molecule has 2 aromatic rings. The first-order valence-electron chi connectivity index (χ1n) is 8.62. The maximum Gasteiger partial charge on any atom is 0.425 e. The lowest BCUT2D eigenvalue weighted by Crippen LogP contribution is -2.55. The molecule has 1 heterocycles. The fourth-order valence-corrected chi connectivity index (χ4v) is 3.87. The second-order valence-electron chi connectivity index (χ2n) is 6.84. The third-order valence-corrected chi connectivity index (χ3v) is 5.43. The Morgan fingerprint density at radius 2 is 1.82 bits per heavy atom. The van der Waals surface area contributed by atoms with E-state index in [1.807, 2.05) is 0 Å². The Morgan fingerprint density at radius 1 is 1.14 bits per heavy atom. The smallest absolute Gasteiger partial charge is 0.425 e. The summed E-state index contributed by atoms with van der Waals surface area (Å²) in [5, 5.41) is 10.7. The van der Waals surface area contributed by atoms with E-state index < -0.39 is 29.7 Å². The third-order valence-electron chi connectivity index (χ3n) is 5.43. The largest absolute Gasteiger partial charge is 0.467 e. The lowest BCUT2D eigenvalue weighted by molar-refractivity contribution is -0.246. The number of rotatable bonds is 2. The van der Waals surface area contributed by atoms with Crippen molar-refractivity contribution >= 4 is 11.9 Å². The van der Waals surface area contributed by atoms with Crippen LogP contribution in [-0.4, -0.2) is 47.8 Å². The van der Waals surface area contributed by atoms with E-state index in [0.29, 0.717) is 13.0 Å². The van der Waals surface area contributed by atoms with Crippen molar-refractivity contribution in [3.63, 3.8) is 0 Å². The van der Waals surface area contributed by atoms with Crippen molar-refractivity contribution < 1.29 is 32.6 Å². The number of amides is 1. The van der Waals surface area contributed by atoms with Gasteiger partial charge in [0.25, 0.3) is 5.91 Å². The van der Waals surface area contributed by atoms with Gasteiger partial charge in [-0.05, 0) is 29.7 Å². The first-order chi connectivity index (χ1) is 13.2. The summed E-state index contributed by atoms with van der Waals surface area (Å²) in [5.41, 5.74) is -3.39. The Kier molecular flexibility index (Phi) is 4.01. The number of hydrogen-bond donors (Lipinski definition) is 1. The predicted octanol–water partition coefficient (Wildman–Crippen LogP) is 2.85. The number of halogens is 3. The number of hydrogen-bond acceptors (Lipinski definition) is 4. The summed E-state index contributed by atoms with van der Waals surface area (Å²) in [5.74, 6) is -1.15. The normalized spacial score (nSPS) is 22.9. The van der Waals surface area contributed by atoms with E-state index in [9.17, 15) is 27.9 Å². The maximum absolute atomic E-state index is 13.9. The van der Waals surface area contributed by atoms with Gasteiger partial charge in [0.15, 0.2) is 0 Å². The summed E-state index contributed by atoms with van der Waals surface area (Å²) < 4.78 is 46.3. The molecule has 0 radical (unpaired) electrons. The van der Waals surface area contributed by atoms with Crippen molar-refractivity contribution in [2.24, 2.45) is 0 Å². The molecule has 0 aromatic heterocycles. The van der Waals surface area contributed by atoms with E-state index in [0.717, 1.165) is 6.07 Å². The van der Waals surface area contributed by atoms with Crippen LogP contribution in [0.15, 0.2) is 42.5 Å². The summed E-state index contributed by atoms with van der Waals surface area (Å²) >= 11 is 0. The van der Waals surface area contributed by atoms with Crippen LogP contribution >= 0.6 is 0 Å².